The molecule has 80 valence electrons. The molecule has 3 heteroatoms. The van der Waals surface area contributed by atoms with Crippen molar-refractivity contribution in [3.05, 3.63) is 16.6 Å². The zero-order chi connectivity index (χ0) is 10.4. The van der Waals surface area contributed by atoms with E-state index < -0.39 is 0 Å². The summed E-state index contributed by atoms with van der Waals surface area (Å²) < 4.78 is 0. The number of aromatic nitrogens is 1. The molecular formula is C11H20N2S. The van der Waals surface area contributed by atoms with E-state index in [9.17, 15) is 0 Å². The van der Waals surface area contributed by atoms with E-state index >= 15 is 0 Å². The van der Waals surface area contributed by atoms with Crippen LogP contribution in [0.1, 0.15) is 32.1 Å². The second-order valence-electron chi connectivity index (χ2n) is 3.91. The Morgan fingerprint density at radius 3 is 2.79 bits per heavy atom. The summed E-state index contributed by atoms with van der Waals surface area (Å²) in [5.41, 5.74) is 1.91. The van der Waals surface area contributed by atoms with Crippen molar-refractivity contribution in [1.82, 2.24) is 10.3 Å². The Labute approximate surface area is 90.8 Å². The Morgan fingerprint density at radius 2 is 2.29 bits per heavy atom. The molecule has 0 saturated heterocycles. The molecule has 2 nitrogen and oxygen atoms in total. The van der Waals surface area contributed by atoms with E-state index in [1.165, 1.54) is 11.3 Å². The summed E-state index contributed by atoms with van der Waals surface area (Å²) in [6.45, 7) is 7.79. The Bertz CT molecular complexity index is 231. The number of thiazole rings is 1. The number of nitrogens with zero attached hydrogens (tertiary/aromatic N) is 1. The molecule has 0 bridgehead atoms. The molecule has 0 amide bonds. The minimum atomic E-state index is 0.641. The fourth-order valence-corrected chi connectivity index (χ4v) is 2.21. The van der Waals surface area contributed by atoms with Gasteiger partial charge in [-0.1, -0.05) is 20.8 Å². The molecule has 1 aromatic heterocycles. The van der Waals surface area contributed by atoms with Crippen molar-refractivity contribution >= 4 is 11.3 Å². The highest BCUT2D eigenvalue weighted by Crippen LogP contribution is 2.13. The third-order valence-electron chi connectivity index (χ3n) is 2.46. The standard InChI is InChI=1S/C11H20N2S/c1-4-13-11(9(2)3)6-5-10-7-12-8-14-10/h7-9,11,13H,4-6H2,1-3H3. The lowest BCUT2D eigenvalue weighted by Gasteiger charge is -2.21. The monoisotopic (exact) mass is 212 g/mol. The van der Waals surface area contributed by atoms with Crippen LogP contribution < -0.4 is 5.32 Å². The van der Waals surface area contributed by atoms with Crippen molar-refractivity contribution in [2.75, 3.05) is 6.54 Å². The number of nitrogens with one attached hydrogen (secondary N) is 1. The molecule has 1 heterocycles. The summed E-state index contributed by atoms with van der Waals surface area (Å²) in [5.74, 6) is 0.711. The second kappa shape index (κ2) is 6.14. The van der Waals surface area contributed by atoms with Crippen LogP contribution >= 0.6 is 11.3 Å². The lowest BCUT2D eigenvalue weighted by atomic mass is 9.99. The van der Waals surface area contributed by atoms with Gasteiger partial charge in [0.2, 0.25) is 0 Å². The number of hydrogen-bond acceptors (Lipinski definition) is 3. The summed E-state index contributed by atoms with van der Waals surface area (Å²) in [5, 5.41) is 3.53. The Hall–Kier alpha value is -0.410. The van der Waals surface area contributed by atoms with E-state index in [0.717, 1.165) is 13.0 Å². The van der Waals surface area contributed by atoms with Gasteiger partial charge in [0.25, 0.3) is 0 Å². The maximum atomic E-state index is 4.09. The first-order chi connectivity index (χ1) is 6.74. The molecule has 14 heavy (non-hydrogen) atoms. The highest BCUT2D eigenvalue weighted by molar-refractivity contribution is 7.09. The average Bonchev–Trinajstić information content (AvgIpc) is 2.64. The predicted molar refractivity (Wildman–Crippen MR) is 62.7 cm³/mol. The molecule has 0 radical (unpaired) electrons. The van der Waals surface area contributed by atoms with Gasteiger partial charge < -0.3 is 5.32 Å². The van der Waals surface area contributed by atoms with Crippen LogP contribution in [-0.2, 0) is 6.42 Å². The van der Waals surface area contributed by atoms with Crippen LogP contribution in [0.5, 0.6) is 0 Å². The first-order valence-corrected chi connectivity index (χ1v) is 6.22. The zero-order valence-corrected chi connectivity index (χ0v) is 10.1. The van der Waals surface area contributed by atoms with Crippen LogP contribution in [0, 0.1) is 5.92 Å². The summed E-state index contributed by atoms with van der Waals surface area (Å²) >= 11 is 1.76. The van der Waals surface area contributed by atoms with E-state index in [0.29, 0.717) is 12.0 Å². The third kappa shape index (κ3) is 3.76. The average molecular weight is 212 g/mol. The lowest BCUT2D eigenvalue weighted by Crippen LogP contribution is -2.33. The summed E-state index contributed by atoms with van der Waals surface area (Å²) in [7, 11) is 0. The topological polar surface area (TPSA) is 24.9 Å². The molecule has 0 spiro atoms. The quantitative estimate of drug-likeness (QED) is 0.784. The molecule has 1 unspecified atom stereocenters. The molecule has 0 aliphatic carbocycles. The van der Waals surface area contributed by atoms with E-state index in [-0.39, 0.29) is 0 Å². The van der Waals surface area contributed by atoms with E-state index in [4.69, 9.17) is 0 Å². The van der Waals surface area contributed by atoms with Crippen molar-refractivity contribution in [3.8, 4) is 0 Å². The summed E-state index contributed by atoms with van der Waals surface area (Å²) in [4.78, 5) is 5.49. The normalized spacial score (nSPS) is 13.4. The van der Waals surface area contributed by atoms with Gasteiger partial charge in [0.05, 0.1) is 5.51 Å². The zero-order valence-electron chi connectivity index (χ0n) is 9.29. The summed E-state index contributed by atoms with van der Waals surface area (Å²) in [6, 6.07) is 0.641. The Balaban J connectivity index is 2.33. The predicted octanol–water partition coefficient (Wildman–Crippen LogP) is 2.71. The number of aryl methyl sites for hydroxylation is 1. The van der Waals surface area contributed by atoms with Crippen molar-refractivity contribution < 1.29 is 0 Å². The van der Waals surface area contributed by atoms with Gasteiger partial charge in [-0.2, -0.15) is 0 Å². The maximum absolute atomic E-state index is 4.09. The molecule has 0 aromatic carbocycles. The van der Waals surface area contributed by atoms with Crippen molar-refractivity contribution in [1.29, 1.82) is 0 Å². The van der Waals surface area contributed by atoms with Crippen LogP contribution in [-0.4, -0.2) is 17.6 Å². The minimum Gasteiger partial charge on any atom is -0.314 e. The Morgan fingerprint density at radius 1 is 1.50 bits per heavy atom. The summed E-state index contributed by atoms with van der Waals surface area (Å²) in [6.07, 6.45) is 4.35. The lowest BCUT2D eigenvalue weighted by molar-refractivity contribution is 0.386. The van der Waals surface area contributed by atoms with Crippen LogP contribution in [0.15, 0.2) is 11.7 Å². The largest absolute Gasteiger partial charge is 0.314 e. The molecule has 1 aromatic rings. The van der Waals surface area contributed by atoms with E-state index in [1.54, 1.807) is 11.3 Å². The third-order valence-corrected chi connectivity index (χ3v) is 3.30. The molecule has 1 N–H and O–H groups in total. The van der Waals surface area contributed by atoms with Gasteiger partial charge in [-0.3, -0.25) is 4.98 Å². The van der Waals surface area contributed by atoms with Gasteiger partial charge in [0.1, 0.15) is 0 Å². The minimum absolute atomic E-state index is 0.641. The van der Waals surface area contributed by atoms with Gasteiger partial charge in [-0.05, 0) is 25.3 Å². The van der Waals surface area contributed by atoms with Crippen molar-refractivity contribution in [2.45, 2.75) is 39.7 Å². The maximum Gasteiger partial charge on any atom is 0.0794 e. The van der Waals surface area contributed by atoms with Crippen LogP contribution in [0.2, 0.25) is 0 Å². The van der Waals surface area contributed by atoms with Gasteiger partial charge in [-0.25, -0.2) is 0 Å². The molecule has 1 rings (SSSR count). The molecule has 0 aliphatic heterocycles. The first-order valence-electron chi connectivity index (χ1n) is 5.34. The molecule has 0 fully saturated rings. The molecule has 0 aliphatic rings. The highest BCUT2D eigenvalue weighted by atomic mass is 32.1. The van der Waals surface area contributed by atoms with Gasteiger partial charge in [0, 0.05) is 17.1 Å². The number of rotatable bonds is 6. The van der Waals surface area contributed by atoms with E-state index in [1.807, 2.05) is 11.7 Å². The van der Waals surface area contributed by atoms with Crippen LogP contribution in [0.25, 0.3) is 0 Å². The molecule has 0 saturated carbocycles. The Kier molecular flexibility index (Phi) is 5.12. The van der Waals surface area contributed by atoms with Gasteiger partial charge in [0.15, 0.2) is 0 Å². The van der Waals surface area contributed by atoms with Crippen LogP contribution in [0.3, 0.4) is 0 Å². The SMILES string of the molecule is CCNC(CCc1cncs1)C(C)C. The van der Waals surface area contributed by atoms with Gasteiger partial charge in [-0.15, -0.1) is 11.3 Å². The van der Waals surface area contributed by atoms with Crippen molar-refractivity contribution in [2.24, 2.45) is 5.92 Å². The first kappa shape index (κ1) is 11.7. The fraction of sp³-hybridized carbons (Fsp3) is 0.727. The smallest absolute Gasteiger partial charge is 0.0794 e. The van der Waals surface area contributed by atoms with Gasteiger partial charge >= 0.3 is 0 Å². The highest BCUT2D eigenvalue weighted by Gasteiger charge is 2.11. The van der Waals surface area contributed by atoms with E-state index in [2.05, 4.69) is 31.1 Å². The molecular weight excluding hydrogens is 192 g/mol. The second-order valence-corrected chi connectivity index (χ2v) is 4.89. The van der Waals surface area contributed by atoms with Crippen molar-refractivity contribution in [3.63, 3.8) is 0 Å². The van der Waals surface area contributed by atoms with Crippen LogP contribution in [0.4, 0.5) is 0 Å². The number of hydrogen-bond donors (Lipinski definition) is 1. The molecule has 1 atom stereocenters. The fourth-order valence-electron chi connectivity index (χ4n) is 1.60.